The van der Waals surface area contributed by atoms with Gasteiger partial charge in [-0.1, -0.05) is 0 Å². The Hall–Kier alpha value is -0.650. The van der Waals surface area contributed by atoms with E-state index in [2.05, 4.69) is 0 Å². The lowest BCUT2D eigenvalue weighted by molar-refractivity contribution is -0.153. The molecule has 0 bridgehead atoms. The summed E-state index contributed by atoms with van der Waals surface area (Å²) in [5.74, 6) is 0.0187. The highest BCUT2D eigenvalue weighted by Gasteiger charge is 2.40. The van der Waals surface area contributed by atoms with Gasteiger partial charge in [-0.05, 0) is 19.3 Å². The second-order valence-electron chi connectivity index (χ2n) is 4.40. The smallest absolute Gasteiger partial charge is 0.253 e. The van der Waals surface area contributed by atoms with Gasteiger partial charge >= 0.3 is 0 Å². The largest absolute Gasteiger partial charge is 0.374 e. The minimum atomic E-state index is -0.501. The molecule has 0 aromatic heterocycles. The molecule has 1 heterocycles. The third-order valence-electron chi connectivity index (χ3n) is 3.54. The molecule has 0 radical (unpaired) electrons. The van der Waals surface area contributed by atoms with E-state index < -0.39 is 6.10 Å². The van der Waals surface area contributed by atoms with Crippen LogP contribution in [0.15, 0.2) is 0 Å². The predicted molar refractivity (Wildman–Crippen MR) is 58.9 cm³/mol. The zero-order chi connectivity index (χ0) is 11.5. The summed E-state index contributed by atoms with van der Waals surface area (Å²) >= 11 is 0. The number of hydrogen-bond donors (Lipinski definition) is 1. The molecular formula is C11H20N2O3. The Morgan fingerprint density at radius 3 is 3.12 bits per heavy atom. The van der Waals surface area contributed by atoms with Gasteiger partial charge in [0.1, 0.15) is 6.10 Å². The van der Waals surface area contributed by atoms with Gasteiger partial charge in [0, 0.05) is 20.2 Å². The van der Waals surface area contributed by atoms with Crippen molar-refractivity contribution < 1.29 is 14.3 Å². The molecule has 1 aliphatic heterocycles. The fourth-order valence-electron chi connectivity index (χ4n) is 2.68. The predicted octanol–water partition coefficient (Wildman–Crippen LogP) is -0.260. The molecule has 0 spiro atoms. The number of methoxy groups -OCH3 is 1. The fourth-order valence-corrected chi connectivity index (χ4v) is 2.68. The molecule has 2 rings (SSSR count). The molecule has 0 aromatic rings. The number of carbonyl (C=O) groups is 1. The van der Waals surface area contributed by atoms with Crippen molar-refractivity contribution in [3.05, 3.63) is 0 Å². The zero-order valence-electron chi connectivity index (χ0n) is 9.72. The summed E-state index contributed by atoms with van der Waals surface area (Å²) in [6, 6.07) is 0.241. The molecule has 3 atom stereocenters. The van der Waals surface area contributed by atoms with Crippen molar-refractivity contribution in [2.75, 3.05) is 26.8 Å². The average Bonchev–Trinajstić information content (AvgIpc) is 2.78. The third-order valence-corrected chi connectivity index (χ3v) is 3.54. The molecule has 2 fully saturated rings. The third kappa shape index (κ3) is 2.07. The molecule has 1 saturated heterocycles. The monoisotopic (exact) mass is 228 g/mol. The van der Waals surface area contributed by atoms with E-state index in [4.69, 9.17) is 15.2 Å². The summed E-state index contributed by atoms with van der Waals surface area (Å²) < 4.78 is 10.8. The van der Waals surface area contributed by atoms with Crippen LogP contribution in [0.1, 0.15) is 19.3 Å². The van der Waals surface area contributed by atoms with Crippen molar-refractivity contribution >= 4 is 5.91 Å². The molecule has 16 heavy (non-hydrogen) atoms. The maximum atomic E-state index is 12.2. The SMILES string of the molecule is COC(CN)C(=O)N1CCOC2CCCC21. The van der Waals surface area contributed by atoms with Crippen LogP contribution in [0, 0.1) is 0 Å². The Balaban J connectivity index is 2.04. The van der Waals surface area contributed by atoms with Gasteiger partial charge in [-0.15, -0.1) is 0 Å². The number of hydrogen-bond acceptors (Lipinski definition) is 4. The molecule has 3 unspecified atom stereocenters. The quantitative estimate of drug-likeness (QED) is 0.723. The van der Waals surface area contributed by atoms with Gasteiger partial charge in [-0.3, -0.25) is 4.79 Å². The van der Waals surface area contributed by atoms with Crippen molar-refractivity contribution in [2.24, 2.45) is 5.73 Å². The van der Waals surface area contributed by atoms with Gasteiger partial charge in [-0.25, -0.2) is 0 Å². The standard InChI is InChI=1S/C11H20N2O3/c1-15-10(7-12)11(14)13-5-6-16-9-4-2-3-8(9)13/h8-10H,2-7,12H2,1H3. The van der Waals surface area contributed by atoms with Crippen LogP contribution in [-0.4, -0.2) is 55.9 Å². The van der Waals surface area contributed by atoms with E-state index in [1.807, 2.05) is 4.90 Å². The molecule has 5 nitrogen and oxygen atoms in total. The minimum Gasteiger partial charge on any atom is -0.374 e. The van der Waals surface area contributed by atoms with Crippen molar-refractivity contribution in [1.82, 2.24) is 4.90 Å². The van der Waals surface area contributed by atoms with Gasteiger partial charge in [-0.2, -0.15) is 0 Å². The van der Waals surface area contributed by atoms with Crippen LogP contribution in [0.2, 0.25) is 0 Å². The van der Waals surface area contributed by atoms with Crippen LogP contribution in [0.25, 0.3) is 0 Å². The summed E-state index contributed by atoms with van der Waals surface area (Å²) in [4.78, 5) is 14.1. The number of fused-ring (bicyclic) bond motifs is 1. The second-order valence-corrected chi connectivity index (χ2v) is 4.40. The lowest BCUT2D eigenvalue weighted by Crippen LogP contribution is -2.55. The molecule has 2 aliphatic rings. The number of ether oxygens (including phenoxy) is 2. The maximum Gasteiger partial charge on any atom is 0.253 e. The van der Waals surface area contributed by atoms with Gasteiger partial charge in [0.15, 0.2) is 0 Å². The highest BCUT2D eigenvalue weighted by molar-refractivity contribution is 5.81. The lowest BCUT2D eigenvalue weighted by atomic mass is 10.1. The Morgan fingerprint density at radius 2 is 2.44 bits per heavy atom. The van der Waals surface area contributed by atoms with Crippen LogP contribution in [-0.2, 0) is 14.3 Å². The Morgan fingerprint density at radius 1 is 1.62 bits per heavy atom. The Kier molecular flexibility index (Phi) is 3.78. The average molecular weight is 228 g/mol. The van der Waals surface area contributed by atoms with Crippen LogP contribution in [0.5, 0.6) is 0 Å². The number of rotatable bonds is 3. The van der Waals surface area contributed by atoms with Gasteiger partial charge < -0.3 is 20.1 Å². The first-order chi connectivity index (χ1) is 7.77. The summed E-state index contributed by atoms with van der Waals surface area (Å²) in [5, 5.41) is 0. The number of nitrogens with two attached hydrogens (primary N) is 1. The summed E-state index contributed by atoms with van der Waals surface area (Å²) in [5.41, 5.74) is 5.52. The van der Waals surface area contributed by atoms with Crippen LogP contribution in [0.3, 0.4) is 0 Å². The molecule has 2 N–H and O–H groups in total. The van der Waals surface area contributed by atoms with Crippen LogP contribution in [0.4, 0.5) is 0 Å². The van der Waals surface area contributed by atoms with E-state index in [0.29, 0.717) is 13.2 Å². The summed E-state index contributed by atoms with van der Waals surface area (Å²) in [7, 11) is 1.53. The van der Waals surface area contributed by atoms with E-state index in [1.54, 1.807) is 0 Å². The lowest BCUT2D eigenvalue weighted by Gasteiger charge is -2.39. The van der Waals surface area contributed by atoms with Crippen LogP contribution >= 0.6 is 0 Å². The van der Waals surface area contributed by atoms with Crippen molar-refractivity contribution in [1.29, 1.82) is 0 Å². The summed E-state index contributed by atoms with van der Waals surface area (Å²) in [6.45, 7) is 1.54. The molecule has 1 saturated carbocycles. The normalized spacial score (nSPS) is 31.2. The first kappa shape index (κ1) is 11.8. The zero-order valence-corrected chi connectivity index (χ0v) is 9.72. The van der Waals surface area contributed by atoms with E-state index in [-0.39, 0.29) is 24.6 Å². The molecule has 0 aromatic carbocycles. The number of morpholine rings is 1. The van der Waals surface area contributed by atoms with E-state index in [9.17, 15) is 4.79 Å². The maximum absolute atomic E-state index is 12.2. The van der Waals surface area contributed by atoms with E-state index >= 15 is 0 Å². The Bertz CT molecular complexity index is 256. The Labute approximate surface area is 95.9 Å². The van der Waals surface area contributed by atoms with Crippen molar-refractivity contribution in [3.8, 4) is 0 Å². The van der Waals surface area contributed by atoms with E-state index in [1.165, 1.54) is 7.11 Å². The van der Waals surface area contributed by atoms with Crippen molar-refractivity contribution in [2.45, 2.75) is 37.5 Å². The molecule has 1 aliphatic carbocycles. The van der Waals surface area contributed by atoms with Gasteiger partial charge in [0.25, 0.3) is 5.91 Å². The first-order valence-corrected chi connectivity index (χ1v) is 5.93. The molecule has 92 valence electrons. The highest BCUT2D eigenvalue weighted by atomic mass is 16.5. The van der Waals surface area contributed by atoms with E-state index in [0.717, 1.165) is 19.3 Å². The minimum absolute atomic E-state index is 0.0187. The van der Waals surface area contributed by atoms with Gasteiger partial charge in [0.05, 0.1) is 18.8 Å². The summed E-state index contributed by atoms with van der Waals surface area (Å²) in [6.07, 6.45) is 2.97. The second kappa shape index (κ2) is 5.12. The number of amides is 1. The van der Waals surface area contributed by atoms with Crippen molar-refractivity contribution in [3.63, 3.8) is 0 Å². The number of carbonyl (C=O) groups excluding carboxylic acids is 1. The molecular weight excluding hydrogens is 208 g/mol. The number of nitrogens with zero attached hydrogens (tertiary/aromatic N) is 1. The highest BCUT2D eigenvalue weighted by Crippen LogP contribution is 2.30. The topological polar surface area (TPSA) is 64.8 Å². The molecule has 5 heteroatoms. The van der Waals surface area contributed by atoms with Crippen LogP contribution < -0.4 is 5.73 Å². The first-order valence-electron chi connectivity index (χ1n) is 5.93. The van der Waals surface area contributed by atoms with Gasteiger partial charge in [0.2, 0.25) is 0 Å². The molecule has 1 amide bonds. The fraction of sp³-hybridized carbons (Fsp3) is 0.909.